The Morgan fingerprint density at radius 3 is 2.88 bits per heavy atom. The van der Waals surface area contributed by atoms with Crippen LogP contribution in [0.3, 0.4) is 0 Å². The molecule has 11 heteroatoms. The lowest BCUT2D eigenvalue weighted by atomic mass is 10.1. The second kappa shape index (κ2) is 11.6. The average Bonchev–Trinajstić information content (AvgIpc) is 2.77. The molecule has 1 N–H and O–H groups in total. The van der Waals surface area contributed by atoms with Gasteiger partial charge in [-0.15, -0.1) is 24.0 Å². The molecule has 1 saturated heterocycles. The standard InChI is InChI=1S/C11H15FN2O4.C3H4N2O.HI.H2/c1-3-17-10(15)9(12)18-14-8-4-7(2)5-13(6-8)11(14)16;4-1-2-5-3-6;;/h4,8-9H,3,5-6H2,1-2H3;3H,2H2,(H,5,6);2*1H/t8-,9+;;;/m1.../s1. The fourth-order valence-corrected chi connectivity index (χ4v) is 2.16. The van der Waals surface area contributed by atoms with E-state index in [0.717, 1.165) is 10.6 Å². The van der Waals surface area contributed by atoms with Gasteiger partial charge in [-0.3, -0.25) is 4.79 Å². The minimum atomic E-state index is -2.27. The minimum Gasteiger partial charge on any atom is -0.462 e. The van der Waals surface area contributed by atoms with Gasteiger partial charge in [0.05, 0.1) is 18.7 Å². The number of urea groups is 1. The predicted molar refractivity (Wildman–Crippen MR) is 96.2 cm³/mol. The number of hydrogen-bond acceptors (Lipinski definition) is 6. The highest BCUT2D eigenvalue weighted by Crippen LogP contribution is 2.25. The summed E-state index contributed by atoms with van der Waals surface area (Å²) in [5, 5.41) is 10.8. The number of nitrogens with zero attached hydrogens (tertiary/aromatic N) is 3. The van der Waals surface area contributed by atoms with Gasteiger partial charge < -0.3 is 15.0 Å². The molecule has 0 spiro atoms. The Morgan fingerprint density at radius 2 is 2.36 bits per heavy atom. The van der Waals surface area contributed by atoms with Crippen LogP contribution in [0.5, 0.6) is 0 Å². The molecule has 2 aliphatic heterocycles. The Morgan fingerprint density at radius 1 is 1.68 bits per heavy atom. The van der Waals surface area contributed by atoms with Gasteiger partial charge in [0.15, 0.2) is 0 Å². The number of nitriles is 1. The number of halogens is 2. The Kier molecular flexibility index (Phi) is 10.7. The molecule has 2 heterocycles. The fraction of sp³-hybridized carbons (Fsp3) is 0.571. The number of rotatable bonds is 6. The topological polar surface area (TPSA) is 112 Å². The van der Waals surface area contributed by atoms with Crippen LogP contribution in [0.15, 0.2) is 11.6 Å². The van der Waals surface area contributed by atoms with Crippen molar-refractivity contribution in [3.05, 3.63) is 11.6 Å². The highest BCUT2D eigenvalue weighted by Gasteiger charge is 2.42. The van der Waals surface area contributed by atoms with Crippen LogP contribution < -0.4 is 5.32 Å². The number of nitrogens with one attached hydrogen (secondary N) is 1. The summed E-state index contributed by atoms with van der Waals surface area (Å²) in [5.41, 5.74) is 1.01. The zero-order valence-electron chi connectivity index (χ0n) is 13.8. The lowest BCUT2D eigenvalue weighted by Gasteiger charge is -2.21. The lowest BCUT2D eigenvalue weighted by Crippen LogP contribution is -2.38. The fourth-order valence-electron chi connectivity index (χ4n) is 2.16. The van der Waals surface area contributed by atoms with Gasteiger partial charge >= 0.3 is 18.4 Å². The van der Waals surface area contributed by atoms with E-state index in [-0.39, 0.29) is 44.6 Å². The van der Waals surface area contributed by atoms with Crippen LogP contribution >= 0.6 is 24.0 Å². The Labute approximate surface area is 163 Å². The van der Waals surface area contributed by atoms with Crippen LogP contribution in [0, 0.1) is 11.3 Å². The second-order valence-corrected chi connectivity index (χ2v) is 4.90. The summed E-state index contributed by atoms with van der Waals surface area (Å²) in [6.45, 7) is 4.57. The molecule has 1 fully saturated rings. The third kappa shape index (κ3) is 6.83. The molecule has 2 rings (SSSR count). The second-order valence-electron chi connectivity index (χ2n) is 4.90. The summed E-state index contributed by atoms with van der Waals surface area (Å²) in [7, 11) is 0. The maximum absolute atomic E-state index is 13.4. The number of esters is 1. The SMILES string of the molecule is CCOC(=O)[C@@H](F)ON1C(=O)N2CC(C)=C[C@@H]1C2.I.N#CCNC=O.[HH]. The number of hydroxylamine groups is 2. The van der Waals surface area contributed by atoms with E-state index in [2.05, 4.69) is 10.1 Å². The van der Waals surface area contributed by atoms with Crippen molar-refractivity contribution < 1.29 is 29.8 Å². The molecule has 0 radical (unpaired) electrons. The number of ether oxygens (including phenoxy) is 1. The molecule has 0 unspecified atom stereocenters. The zero-order valence-corrected chi connectivity index (χ0v) is 16.1. The summed E-state index contributed by atoms with van der Waals surface area (Å²) in [4.78, 5) is 38.5. The van der Waals surface area contributed by atoms with Crippen molar-refractivity contribution in [3.8, 4) is 6.07 Å². The molecule has 0 saturated carbocycles. The van der Waals surface area contributed by atoms with Gasteiger partial charge in [-0.05, 0) is 13.8 Å². The molecule has 0 aromatic heterocycles. The maximum Gasteiger partial charge on any atom is 0.370 e. The van der Waals surface area contributed by atoms with E-state index in [1.165, 1.54) is 4.90 Å². The number of hydrogen-bond donors (Lipinski definition) is 1. The van der Waals surface area contributed by atoms with Crippen molar-refractivity contribution >= 4 is 42.4 Å². The third-order valence-corrected chi connectivity index (χ3v) is 3.03. The molecule has 3 amide bonds. The third-order valence-electron chi connectivity index (χ3n) is 3.03. The molecule has 142 valence electrons. The first-order valence-corrected chi connectivity index (χ1v) is 7.21. The van der Waals surface area contributed by atoms with Gasteiger partial charge in [0.1, 0.15) is 6.54 Å². The van der Waals surface area contributed by atoms with Gasteiger partial charge in [-0.2, -0.15) is 10.3 Å². The summed E-state index contributed by atoms with van der Waals surface area (Å²) < 4.78 is 17.9. The Balaban J connectivity index is 0. The van der Waals surface area contributed by atoms with Crippen molar-refractivity contribution in [2.75, 3.05) is 26.2 Å². The minimum absolute atomic E-state index is 0. The van der Waals surface area contributed by atoms with Crippen LogP contribution in [0.2, 0.25) is 0 Å². The van der Waals surface area contributed by atoms with Crippen molar-refractivity contribution in [1.82, 2.24) is 15.3 Å². The van der Waals surface area contributed by atoms with Crippen LogP contribution in [0.4, 0.5) is 9.18 Å². The number of amides is 3. The smallest absolute Gasteiger partial charge is 0.370 e. The molecule has 9 nitrogen and oxygen atoms in total. The van der Waals surface area contributed by atoms with E-state index in [4.69, 9.17) is 10.1 Å². The number of alkyl halides is 1. The zero-order chi connectivity index (χ0) is 18.1. The van der Waals surface area contributed by atoms with E-state index in [0.29, 0.717) is 19.5 Å². The molecule has 2 aliphatic rings. The number of carbonyl (C=O) groups excluding carboxylic acids is 3. The molecule has 2 atom stereocenters. The highest BCUT2D eigenvalue weighted by atomic mass is 127. The largest absolute Gasteiger partial charge is 0.462 e. The van der Waals surface area contributed by atoms with Crippen molar-refractivity contribution in [2.24, 2.45) is 0 Å². The van der Waals surface area contributed by atoms with Gasteiger partial charge in [-0.25, -0.2) is 18.8 Å². The van der Waals surface area contributed by atoms with Crippen LogP contribution in [0.1, 0.15) is 15.3 Å². The molecular weight excluding hydrogens is 450 g/mol. The van der Waals surface area contributed by atoms with Gasteiger partial charge in [-0.1, -0.05) is 11.6 Å². The first-order valence-electron chi connectivity index (χ1n) is 7.21. The van der Waals surface area contributed by atoms with E-state index in [1.807, 2.05) is 13.0 Å². The molecular formula is C14H22FIN4O5. The van der Waals surface area contributed by atoms with Crippen LogP contribution in [-0.2, 0) is 19.2 Å². The summed E-state index contributed by atoms with van der Waals surface area (Å²) in [6, 6.07) is 0.948. The molecule has 0 aliphatic carbocycles. The lowest BCUT2D eigenvalue weighted by molar-refractivity contribution is -0.223. The van der Waals surface area contributed by atoms with Crippen molar-refractivity contribution in [2.45, 2.75) is 26.2 Å². The van der Waals surface area contributed by atoms with Gasteiger partial charge in [0.25, 0.3) is 0 Å². The van der Waals surface area contributed by atoms with Gasteiger partial charge in [0, 0.05) is 14.5 Å². The molecule has 0 aromatic carbocycles. The monoisotopic (exact) mass is 472 g/mol. The first-order chi connectivity index (χ1) is 11.4. The number of carbonyl (C=O) groups is 3. The Bertz CT molecular complexity index is 560. The molecule has 25 heavy (non-hydrogen) atoms. The first kappa shape index (κ1) is 23.1. The van der Waals surface area contributed by atoms with Gasteiger partial charge in [0.2, 0.25) is 6.41 Å². The number of fused-ring (bicyclic) bond motifs is 2. The van der Waals surface area contributed by atoms with E-state index < -0.39 is 18.4 Å². The van der Waals surface area contributed by atoms with Crippen LogP contribution in [0.25, 0.3) is 0 Å². The van der Waals surface area contributed by atoms with Crippen LogP contribution in [-0.4, -0.2) is 67.0 Å². The summed E-state index contributed by atoms with van der Waals surface area (Å²) in [6.07, 6.45) is 0.0471. The normalized spacial score (nSPS) is 18.7. The maximum atomic E-state index is 13.4. The molecule has 0 aromatic rings. The quantitative estimate of drug-likeness (QED) is 0.154. The summed E-state index contributed by atoms with van der Waals surface area (Å²) >= 11 is 0. The van der Waals surface area contributed by atoms with E-state index in [9.17, 15) is 18.8 Å². The van der Waals surface area contributed by atoms with E-state index in [1.54, 1.807) is 13.0 Å². The predicted octanol–water partition coefficient (Wildman–Crippen LogP) is 0.963. The average molecular weight is 472 g/mol. The van der Waals surface area contributed by atoms with Crippen molar-refractivity contribution in [1.29, 1.82) is 5.26 Å². The van der Waals surface area contributed by atoms with E-state index >= 15 is 0 Å². The molecule has 2 bridgehead atoms. The summed E-state index contributed by atoms with van der Waals surface area (Å²) in [5.74, 6) is -1.12. The van der Waals surface area contributed by atoms with Crippen molar-refractivity contribution in [3.63, 3.8) is 0 Å². The highest BCUT2D eigenvalue weighted by molar-refractivity contribution is 14.0. The Hall–Kier alpha value is -1.94.